The third-order valence-electron chi connectivity index (χ3n) is 12.5. The van der Waals surface area contributed by atoms with E-state index in [0.717, 1.165) is 67.7 Å². The van der Waals surface area contributed by atoms with Crippen molar-refractivity contribution in [2.45, 2.75) is 23.9 Å². The van der Waals surface area contributed by atoms with Gasteiger partial charge in [0.15, 0.2) is 6.17 Å². The van der Waals surface area contributed by atoms with E-state index in [9.17, 15) is 0 Å². The highest BCUT2D eigenvalue weighted by Crippen LogP contribution is 2.62. The summed E-state index contributed by atoms with van der Waals surface area (Å²) < 4.78 is 7.13. The van der Waals surface area contributed by atoms with Crippen LogP contribution in [0.4, 0.5) is 0 Å². The van der Waals surface area contributed by atoms with Crippen LogP contribution in [-0.2, 0) is 5.41 Å². The normalized spacial score (nSPS) is 20.5. The van der Waals surface area contributed by atoms with E-state index in [2.05, 4.69) is 180 Å². The van der Waals surface area contributed by atoms with Gasteiger partial charge in [0.05, 0.1) is 11.0 Å². The molecule has 12 rings (SSSR count). The molecule has 1 spiro atoms. The first-order valence-corrected chi connectivity index (χ1v) is 21.1. The maximum absolute atomic E-state index is 7.13. The summed E-state index contributed by atoms with van der Waals surface area (Å²) >= 11 is 0. The molecule has 0 amide bonds. The average molecular weight is 801 g/mol. The number of para-hydroxylation sites is 2. The van der Waals surface area contributed by atoms with Crippen LogP contribution >= 0.6 is 0 Å². The molecule has 0 aromatic heterocycles. The van der Waals surface area contributed by atoms with Crippen molar-refractivity contribution >= 4 is 17.5 Å². The number of fused-ring (bicyclic) bond motifs is 9. The first kappa shape index (κ1) is 36.0. The summed E-state index contributed by atoms with van der Waals surface area (Å²) in [6, 6.07) is 72.2. The van der Waals surface area contributed by atoms with Crippen molar-refractivity contribution in [2.24, 2.45) is 15.0 Å². The molecular formula is C55H40N6O. The lowest BCUT2D eigenvalue weighted by atomic mass is 9.65. The van der Waals surface area contributed by atoms with Crippen LogP contribution in [0.2, 0.25) is 0 Å². The molecule has 8 aromatic carbocycles. The molecule has 0 bridgehead atoms. The van der Waals surface area contributed by atoms with Crippen molar-refractivity contribution in [3.63, 3.8) is 0 Å². The number of rotatable bonds is 6. The van der Waals surface area contributed by atoms with E-state index in [4.69, 9.17) is 19.7 Å². The topological polar surface area (TPSA) is 82.4 Å². The third-order valence-corrected chi connectivity index (χ3v) is 12.5. The Labute approximate surface area is 360 Å². The lowest BCUT2D eigenvalue weighted by Gasteiger charge is -2.40. The standard InChI is InChI=1S/C55H40N6O/c1-5-18-35(19-6-1)49-56-50(36-20-7-2-8-21-36)59-53(58-49)39-32-33-41-40-26-13-14-28-43(40)55(46(41)34-39)44-29-15-16-31-47(44)62-48-42(27-17-30-45(48)55)54-60-51(37-22-9-3-10-23-37)57-52(61-54)38-24-11-4-12-25-38/h1-34,49,51,53,58H,(H,56,59)(H,57,60,61). The van der Waals surface area contributed by atoms with E-state index in [0.29, 0.717) is 5.84 Å². The molecule has 0 saturated carbocycles. The highest BCUT2D eigenvalue weighted by molar-refractivity contribution is 6.17. The number of nitrogens with zero attached hydrogens (tertiary/aromatic N) is 3. The molecule has 1 aliphatic carbocycles. The third kappa shape index (κ3) is 5.81. The summed E-state index contributed by atoms with van der Waals surface area (Å²) in [5.74, 6) is 3.88. The van der Waals surface area contributed by atoms with Gasteiger partial charge in [-0.2, -0.15) is 0 Å². The van der Waals surface area contributed by atoms with Crippen molar-refractivity contribution < 1.29 is 4.74 Å². The molecule has 0 radical (unpaired) electrons. The fourth-order valence-electron chi connectivity index (χ4n) is 9.69. The molecule has 7 nitrogen and oxygen atoms in total. The van der Waals surface area contributed by atoms with Gasteiger partial charge < -0.3 is 15.4 Å². The zero-order chi connectivity index (χ0) is 41.0. The van der Waals surface area contributed by atoms with E-state index in [1.807, 2.05) is 42.5 Å². The van der Waals surface area contributed by atoms with Gasteiger partial charge in [-0.05, 0) is 51.1 Å². The molecule has 4 aliphatic rings. The fourth-order valence-corrected chi connectivity index (χ4v) is 9.69. The van der Waals surface area contributed by atoms with E-state index in [1.165, 1.54) is 22.3 Å². The van der Waals surface area contributed by atoms with Gasteiger partial charge in [-0.15, -0.1) is 0 Å². The number of hydrogen-bond acceptors (Lipinski definition) is 7. The summed E-state index contributed by atoms with van der Waals surface area (Å²) in [6.07, 6.45) is -0.944. The van der Waals surface area contributed by atoms with Gasteiger partial charge in [0, 0.05) is 22.3 Å². The second-order valence-corrected chi connectivity index (χ2v) is 16.0. The van der Waals surface area contributed by atoms with Crippen LogP contribution in [-0.4, -0.2) is 17.5 Å². The van der Waals surface area contributed by atoms with Crippen LogP contribution in [0.5, 0.6) is 11.5 Å². The highest BCUT2D eigenvalue weighted by atomic mass is 16.5. The number of aliphatic imine (C=N–C) groups is 3. The maximum Gasteiger partial charge on any atom is 0.169 e. The van der Waals surface area contributed by atoms with Gasteiger partial charge in [0.1, 0.15) is 41.3 Å². The van der Waals surface area contributed by atoms with Crippen LogP contribution in [0, 0.1) is 0 Å². The molecular weight excluding hydrogens is 761 g/mol. The minimum Gasteiger partial charge on any atom is -0.456 e. The van der Waals surface area contributed by atoms with Crippen molar-refractivity contribution in [3.8, 4) is 22.6 Å². The summed E-state index contributed by atoms with van der Waals surface area (Å²) in [6.45, 7) is 0. The fraction of sp³-hybridized carbons (Fsp3) is 0.0727. The van der Waals surface area contributed by atoms with Crippen LogP contribution in [0.25, 0.3) is 11.1 Å². The van der Waals surface area contributed by atoms with E-state index < -0.39 is 11.6 Å². The Morgan fingerprint density at radius 3 is 1.76 bits per heavy atom. The number of ether oxygens (including phenoxy) is 1. The van der Waals surface area contributed by atoms with Gasteiger partial charge in [0.25, 0.3) is 0 Å². The SMILES string of the molecule is c1ccc(C2=NC(c3ccccc3)N=C(c3cccc4c3Oc3ccccc3C43c4ccccc4-c4ccc(C5N=C(c6ccccc6)NC(c6ccccc6)N5)cc43)N2)cc1. The Hall–Kier alpha value is -7.87. The lowest BCUT2D eigenvalue weighted by Crippen LogP contribution is -2.45. The summed E-state index contributed by atoms with van der Waals surface area (Å²) in [4.78, 5) is 15.8. The van der Waals surface area contributed by atoms with Gasteiger partial charge >= 0.3 is 0 Å². The predicted molar refractivity (Wildman–Crippen MR) is 247 cm³/mol. The quantitative estimate of drug-likeness (QED) is 0.156. The summed E-state index contributed by atoms with van der Waals surface area (Å²) in [7, 11) is 0. The molecule has 296 valence electrons. The summed E-state index contributed by atoms with van der Waals surface area (Å²) in [5, 5.41) is 11.2. The first-order chi connectivity index (χ1) is 30.7. The predicted octanol–water partition coefficient (Wildman–Crippen LogP) is 11.0. The Morgan fingerprint density at radius 2 is 1.00 bits per heavy atom. The van der Waals surface area contributed by atoms with E-state index in [1.54, 1.807) is 0 Å². The Morgan fingerprint density at radius 1 is 0.419 bits per heavy atom. The molecule has 3 heterocycles. The highest BCUT2D eigenvalue weighted by Gasteiger charge is 2.52. The van der Waals surface area contributed by atoms with Crippen LogP contribution < -0.4 is 20.7 Å². The smallest absolute Gasteiger partial charge is 0.169 e. The minimum absolute atomic E-state index is 0.159. The van der Waals surface area contributed by atoms with Gasteiger partial charge in [0.2, 0.25) is 0 Å². The molecule has 8 aromatic rings. The number of hydrogen-bond donors (Lipinski definition) is 3. The Balaban J connectivity index is 1.05. The first-order valence-electron chi connectivity index (χ1n) is 21.1. The van der Waals surface area contributed by atoms with E-state index >= 15 is 0 Å². The maximum atomic E-state index is 7.13. The Bertz CT molecular complexity index is 3090. The molecule has 3 N–H and O–H groups in total. The molecule has 0 saturated heterocycles. The zero-order valence-corrected chi connectivity index (χ0v) is 33.6. The molecule has 62 heavy (non-hydrogen) atoms. The summed E-state index contributed by atoms with van der Waals surface area (Å²) in [5.41, 5.74) is 12.3. The number of nitrogens with one attached hydrogen (secondary N) is 3. The molecule has 7 heteroatoms. The number of benzene rings is 8. The van der Waals surface area contributed by atoms with Crippen LogP contribution in [0.15, 0.2) is 221 Å². The molecule has 4 unspecified atom stereocenters. The van der Waals surface area contributed by atoms with Crippen molar-refractivity contribution in [3.05, 3.63) is 262 Å². The van der Waals surface area contributed by atoms with Crippen LogP contribution in [0.1, 0.15) is 74.1 Å². The van der Waals surface area contributed by atoms with Crippen molar-refractivity contribution in [2.75, 3.05) is 0 Å². The Kier molecular flexibility index (Phi) is 8.54. The van der Waals surface area contributed by atoms with Gasteiger partial charge in [-0.25, -0.2) is 15.0 Å². The van der Waals surface area contributed by atoms with E-state index in [-0.39, 0.29) is 12.3 Å². The molecule has 4 atom stereocenters. The minimum atomic E-state index is -0.718. The number of amidine groups is 3. The van der Waals surface area contributed by atoms with Gasteiger partial charge in [-0.1, -0.05) is 194 Å². The molecule has 0 fully saturated rings. The van der Waals surface area contributed by atoms with Crippen LogP contribution in [0.3, 0.4) is 0 Å². The van der Waals surface area contributed by atoms with Crippen molar-refractivity contribution in [1.82, 2.24) is 16.0 Å². The average Bonchev–Trinajstić information content (AvgIpc) is 3.64. The second kappa shape index (κ2) is 14.7. The largest absolute Gasteiger partial charge is 0.456 e. The zero-order valence-electron chi connectivity index (χ0n) is 33.6. The second-order valence-electron chi connectivity index (χ2n) is 16.0. The molecule has 3 aliphatic heterocycles. The van der Waals surface area contributed by atoms with Crippen molar-refractivity contribution in [1.29, 1.82) is 0 Å². The monoisotopic (exact) mass is 800 g/mol. The lowest BCUT2D eigenvalue weighted by molar-refractivity contribution is 0.408. The van der Waals surface area contributed by atoms with Gasteiger partial charge in [-0.3, -0.25) is 5.32 Å².